The topological polar surface area (TPSA) is 69.2 Å². The first kappa shape index (κ1) is 38.3. The fourth-order valence-electron chi connectivity index (χ4n) is 4.45. The van der Waals surface area contributed by atoms with Crippen LogP contribution < -0.4 is 15.3 Å². The third kappa shape index (κ3) is 11.0. The van der Waals surface area contributed by atoms with E-state index >= 15 is 0 Å². The summed E-state index contributed by atoms with van der Waals surface area (Å²) >= 11 is 0. The van der Waals surface area contributed by atoms with Crippen molar-refractivity contribution in [2.75, 3.05) is 0 Å². The molecule has 3 rings (SSSR count). The molecule has 0 amide bonds. The number of benzene rings is 3. The maximum Gasteiger partial charge on any atom is 3.00 e. The molecule has 0 saturated heterocycles. The number of hydrogen-bond donors (Lipinski definition) is 0. The van der Waals surface area contributed by atoms with E-state index < -0.39 is 0 Å². The summed E-state index contributed by atoms with van der Waals surface area (Å²) in [6.07, 6.45) is 0. The van der Waals surface area contributed by atoms with E-state index in [0.717, 1.165) is 33.4 Å². The van der Waals surface area contributed by atoms with E-state index in [1.54, 1.807) is 0 Å². The molecule has 3 aromatic carbocycles. The Morgan fingerprint density at radius 2 is 0.450 bits per heavy atom. The fourth-order valence-corrected chi connectivity index (χ4v) is 4.45. The van der Waals surface area contributed by atoms with E-state index in [2.05, 4.69) is 83.1 Å². The van der Waals surface area contributed by atoms with Crippen molar-refractivity contribution in [3.05, 3.63) is 88.0 Å². The summed E-state index contributed by atoms with van der Waals surface area (Å²) in [5, 5.41) is 35.6. The van der Waals surface area contributed by atoms with Gasteiger partial charge in [0.2, 0.25) is 0 Å². The van der Waals surface area contributed by atoms with E-state index in [9.17, 15) is 15.3 Å². The molecule has 0 saturated carbocycles. The van der Waals surface area contributed by atoms with Crippen molar-refractivity contribution in [1.82, 2.24) is 0 Å². The molecule has 0 aliphatic heterocycles. The molecule has 0 spiro atoms. The summed E-state index contributed by atoms with van der Waals surface area (Å²) in [5.41, 5.74) is 5.62. The van der Waals surface area contributed by atoms with E-state index in [1.165, 1.54) is 0 Å². The first-order valence-corrected chi connectivity index (χ1v) is 14.5. The first-order valence-electron chi connectivity index (χ1n) is 14.5. The molecule has 0 heterocycles. The van der Waals surface area contributed by atoms with Crippen LogP contribution in [-0.2, 0) is 0 Å². The predicted molar refractivity (Wildman–Crippen MR) is 162 cm³/mol. The van der Waals surface area contributed by atoms with Crippen molar-refractivity contribution in [1.29, 1.82) is 0 Å². The second-order valence-corrected chi connectivity index (χ2v) is 12.2. The van der Waals surface area contributed by atoms with E-state index in [1.807, 2.05) is 54.6 Å². The van der Waals surface area contributed by atoms with Crippen molar-refractivity contribution < 1.29 is 53.5 Å². The van der Waals surface area contributed by atoms with Crippen LogP contribution in [0.4, 0.5) is 0 Å². The maximum absolute atomic E-state index is 11.9. The number of hydrogen-bond acceptors (Lipinski definition) is 3. The van der Waals surface area contributed by atoms with Gasteiger partial charge in [-0.25, -0.2) is 0 Å². The van der Waals surface area contributed by atoms with Gasteiger partial charge in [0.25, 0.3) is 0 Å². The number of rotatable bonds is 6. The fraction of sp³-hybridized carbons (Fsp3) is 0.500. The zero-order valence-corrected chi connectivity index (χ0v) is 28.7. The second kappa shape index (κ2) is 18.0. The van der Waals surface area contributed by atoms with Crippen LogP contribution in [0, 0.1) is 38.2 Å². The standard InChI is InChI=1S/3C12H18O.Dy/c3*1-8(2)10-6-5-7-11(9(3)4)12(10)13;/h3*5-9,13H,1-4H3;/q;;;+3/p-3. The van der Waals surface area contributed by atoms with Crippen LogP contribution in [0.3, 0.4) is 0 Å². The maximum atomic E-state index is 11.9. The molecule has 3 aromatic rings. The minimum absolute atomic E-state index is 0. The molecule has 1 radical (unpaired) electrons. The molecule has 0 N–H and O–H groups in total. The van der Waals surface area contributed by atoms with Crippen LogP contribution in [0.25, 0.3) is 0 Å². The normalized spacial score (nSPS) is 10.9. The van der Waals surface area contributed by atoms with Gasteiger partial charge in [-0.15, -0.1) is 17.2 Å². The van der Waals surface area contributed by atoms with Gasteiger partial charge in [0.05, 0.1) is 0 Å². The van der Waals surface area contributed by atoms with Gasteiger partial charge >= 0.3 is 38.2 Å². The minimum Gasteiger partial charge on any atom is -0.872 e. The third-order valence-electron chi connectivity index (χ3n) is 6.96. The van der Waals surface area contributed by atoms with Gasteiger partial charge in [-0.1, -0.05) is 171 Å². The Morgan fingerprint density at radius 3 is 0.550 bits per heavy atom. The van der Waals surface area contributed by atoms with Gasteiger partial charge in [0.15, 0.2) is 0 Å². The summed E-state index contributed by atoms with van der Waals surface area (Å²) in [6.45, 7) is 24.7. The van der Waals surface area contributed by atoms with Gasteiger partial charge in [0.1, 0.15) is 0 Å². The van der Waals surface area contributed by atoms with Gasteiger partial charge in [-0.3, -0.25) is 0 Å². The largest absolute Gasteiger partial charge is 3.00 e. The molecule has 0 unspecified atom stereocenters. The SMILES string of the molecule is CC(C)c1cccc(C(C)C)c1[O-].CC(C)c1cccc(C(C)C)c1[O-].CC(C)c1cccc(C(C)C)c1[O-].[Dy+3]. The summed E-state index contributed by atoms with van der Waals surface area (Å²) in [6, 6.07) is 17.5. The number of para-hydroxylation sites is 3. The predicted octanol–water partition coefficient (Wildman–Crippen LogP) is 9.02. The van der Waals surface area contributed by atoms with Crippen LogP contribution in [0.5, 0.6) is 17.2 Å². The Balaban J connectivity index is 0.000000563. The summed E-state index contributed by atoms with van der Waals surface area (Å²) < 4.78 is 0. The molecular weight excluding hydrogens is 643 g/mol. The average Bonchev–Trinajstić information content (AvgIpc) is 2.84. The summed E-state index contributed by atoms with van der Waals surface area (Å²) in [4.78, 5) is 0. The van der Waals surface area contributed by atoms with Crippen molar-refractivity contribution >= 4 is 0 Å². The van der Waals surface area contributed by atoms with Gasteiger partial charge < -0.3 is 15.3 Å². The van der Waals surface area contributed by atoms with Crippen LogP contribution >= 0.6 is 0 Å². The van der Waals surface area contributed by atoms with Crippen LogP contribution in [0.2, 0.25) is 0 Å². The zero-order chi connectivity index (χ0) is 30.0. The molecule has 3 nitrogen and oxygen atoms in total. The monoisotopic (exact) mass is 695 g/mol. The Kier molecular flexibility index (Phi) is 17.2. The van der Waals surface area contributed by atoms with Crippen LogP contribution in [0.15, 0.2) is 54.6 Å². The van der Waals surface area contributed by atoms with Crippen molar-refractivity contribution in [3.63, 3.8) is 0 Å². The van der Waals surface area contributed by atoms with Gasteiger partial charge in [-0.05, 0) is 35.5 Å². The smallest absolute Gasteiger partial charge is 0.872 e. The molecule has 0 fully saturated rings. The van der Waals surface area contributed by atoms with Crippen LogP contribution in [0.1, 0.15) is 152 Å². The molecule has 223 valence electrons. The Bertz CT molecular complexity index is 936. The Labute approximate surface area is 275 Å². The third-order valence-corrected chi connectivity index (χ3v) is 6.96. The average molecular weight is 694 g/mol. The van der Waals surface area contributed by atoms with Crippen molar-refractivity contribution in [2.45, 2.75) is 119 Å². The minimum atomic E-state index is 0. The van der Waals surface area contributed by atoms with Gasteiger partial charge in [-0.2, -0.15) is 0 Å². The van der Waals surface area contributed by atoms with Crippen molar-refractivity contribution in [2.24, 2.45) is 0 Å². The molecular formula is C36H51DyO3. The second-order valence-electron chi connectivity index (χ2n) is 12.2. The van der Waals surface area contributed by atoms with Gasteiger partial charge in [0, 0.05) is 0 Å². The molecule has 40 heavy (non-hydrogen) atoms. The first-order chi connectivity index (χ1) is 18.1. The van der Waals surface area contributed by atoms with E-state index in [4.69, 9.17) is 0 Å². The summed E-state index contributed by atoms with van der Waals surface area (Å²) in [7, 11) is 0. The van der Waals surface area contributed by atoms with E-state index in [-0.39, 0.29) is 55.4 Å². The Hall–Kier alpha value is -1.67. The molecule has 0 aliphatic rings. The molecule has 0 aliphatic carbocycles. The molecule has 0 aromatic heterocycles. The quantitative estimate of drug-likeness (QED) is 0.259. The molecule has 0 atom stereocenters. The van der Waals surface area contributed by atoms with E-state index in [0.29, 0.717) is 35.5 Å². The van der Waals surface area contributed by atoms with Crippen molar-refractivity contribution in [3.8, 4) is 17.2 Å². The summed E-state index contributed by atoms with van der Waals surface area (Å²) in [5.74, 6) is 2.64. The molecule has 0 bridgehead atoms. The van der Waals surface area contributed by atoms with Crippen LogP contribution in [-0.4, -0.2) is 0 Å². The molecule has 4 heteroatoms. The zero-order valence-electron chi connectivity index (χ0n) is 26.7. The Morgan fingerprint density at radius 1 is 0.325 bits per heavy atom.